The number of esters is 1. The molecule has 0 aromatic carbocycles. The first kappa shape index (κ1) is 17.4. The van der Waals surface area contributed by atoms with Crippen LogP contribution in [0.4, 0.5) is 0 Å². The Balaban J connectivity index is 2.75. The first-order chi connectivity index (χ1) is 9.30. The minimum Gasteiger partial charge on any atom is -0.468 e. The molecule has 3 atom stereocenters. The fraction of sp³-hybridized carbons (Fsp3) is 0.938. The maximum absolute atomic E-state index is 12.2. The number of hydrogen-bond donors (Lipinski definition) is 1. The summed E-state index contributed by atoms with van der Waals surface area (Å²) in [6.07, 6.45) is 4.63. The molecule has 1 heterocycles. The van der Waals surface area contributed by atoms with Crippen molar-refractivity contribution in [1.29, 1.82) is 0 Å². The Bertz CT molecular complexity index is 320. The number of piperidine rings is 1. The van der Waals surface area contributed by atoms with E-state index < -0.39 is 5.54 Å². The van der Waals surface area contributed by atoms with Crippen molar-refractivity contribution in [3.05, 3.63) is 0 Å². The Morgan fingerprint density at radius 1 is 1.40 bits per heavy atom. The molecule has 3 unspecified atom stereocenters. The molecule has 0 bridgehead atoms. The molecular weight excluding hydrogens is 252 g/mol. The van der Waals surface area contributed by atoms with E-state index in [1.165, 1.54) is 26.4 Å². The van der Waals surface area contributed by atoms with Crippen molar-refractivity contribution in [1.82, 2.24) is 10.2 Å². The number of nitrogens with one attached hydrogen (secondary N) is 1. The Labute approximate surface area is 124 Å². The van der Waals surface area contributed by atoms with Crippen LogP contribution in [0.3, 0.4) is 0 Å². The summed E-state index contributed by atoms with van der Waals surface area (Å²) in [4.78, 5) is 14.7. The molecule has 20 heavy (non-hydrogen) atoms. The van der Waals surface area contributed by atoms with Crippen LogP contribution in [0.1, 0.15) is 60.3 Å². The van der Waals surface area contributed by atoms with Crippen molar-refractivity contribution in [2.45, 2.75) is 84.0 Å². The highest BCUT2D eigenvalue weighted by molar-refractivity contribution is 5.80. The number of hydrogen-bond acceptors (Lipinski definition) is 4. The second-order valence-corrected chi connectivity index (χ2v) is 6.76. The number of carbonyl (C=O) groups excluding carboxylic acids is 1. The summed E-state index contributed by atoms with van der Waals surface area (Å²) in [7, 11) is 1.47. The van der Waals surface area contributed by atoms with Gasteiger partial charge in [0.05, 0.1) is 7.11 Å². The van der Waals surface area contributed by atoms with Crippen LogP contribution in [0.2, 0.25) is 0 Å². The smallest absolute Gasteiger partial charge is 0.325 e. The molecule has 1 N–H and O–H groups in total. The van der Waals surface area contributed by atoms with Gasteiger partial charge in [0.2, 0.25) is 0 Å². The van der Waals surface area contributed by atoms with E-state index in [-0.39, 0.29) is 12.0 Å². The molecule has 1 aliphatic rings. The molecule has 1 fully saturated rings. The number of nitrogens with zero attached hydrogens (tertiary/aromatic N) is 1. The highest BCUT2D eigenvalue weighted by Crippen LogP contribution is 2.25. The quantitative estimate of drug-likeness (QED) is 0.761. The highest BCUT2D eigenvalue weighted by Gasteiger charge is 2.38. The minimum atomic E-state index is -0.612. The number of rotatable bonds is 6. The molecule has 1 rings (SSSR count). The van der Waals surface area contributed by atoms with E-state index in [9.17, 15) is 4.79 Å². The van der Waals surface area contributed by atoms with Gasteiger partial charge in [0.25, 0.3) is 0 Å². The summed E-state index contributed by atoms with van der Waals surface area (Å²) in [5.74, 6) is -0.164. The van der Waals surface area contributed by atoms with Crippen molar-refractivity contribution in [2.24, 2.45) is 0 Å². The average Bonchev–Trinajstić information content (AvgIpc) is 2.36. The highest BCUT2D eigenvalue weighted by atomic mass is 16.5. The molecule has 118 valence electrons. The molecule has 1 aliphatic heterocycles. The second-order valence-electron chi connectivity index (χ2n) is 6.76. The third-order valence-electron chi connectivity index (χ3n) is 4.37. The zero-order valence-electron chi connectivity index (χ0n) is 14.0. The minimum absolute atomic E-state index is 0.164. The lowest BCUT2D eigenvalue weighted by Crippen LogP contribution is -2.57. The van der Waals surface area contributed by atoms with Gasteiger partial charge in [0.15, 0.2) is 0 Å². The van der Waals surface area contributed by atoms with Crippen LogP contribution < -0.4 is 5.32 Å². The van der Waals surface area contributed by atoms with Crippen LogP contribution in [0, 0.1) is 0 Å². The van der Waals surface area contributed by atoms with Gasteiger partial charge in [-0.3, -0.25) is 15.0 Å². The van der Waals surface area contributed by atoms with Gasteiger partial charge in [-0.25, -0.2) is 0 Å². The van der Waals surface area contributed by atoms with Gasteiger partial charge >= 0.3 is 5.97 Å². The molecule has 0 aromatic rings. The molecule has 0 spiro atoms. The Morgan fingerprint density at radius 3 is 2.55 bits per heavy atom. The van der Waals surface area contributed by atoms with Gasteiger partial charge in [-0.1, -0.05) is 6.42 Å². The van der Waals surface area contributed by atoms with Crippen molar-refractivity contribution < 1.29 is 9.53 Å². The molecule has 0 aliphatic carbocycles. The van der Waals surface area contributed by atoms with E-state index in [0.29, 0.717) is 12.1 Å². The summed E-state index contributed by atoms with van der Waals surface area (Å²) in [6.45, 7) is 11.8. The second kappa shape index (κ2) is 7.41. The predicted octanol–water partition coefficient (Wildman–Crippen LogP) is 2.57. The van der Waals surface area contributed by atoms with E-state index in [0.717, 1.165) is 13.0 Å². The fourth-order valence-electron chi connectivity index (χ4n) is 3.55. The van der Waals surface area contributed by atoms with E-state index in [1.807, 2.05) is 6.92 Å². The third-order valence-corrected chi connectivity index (χ3v) is 4.37. The Hall–Kier alpha value is -0.610. The van der Waals surface area contributed by atoms with Crippen molar-refractivity contribution in [2.75, 3.05) is 13.7 Å². The maximum Gasteiger partial charge on any atom is 0.325 e. The summed E-state index contributed by atoms with van der Waals surface area (Å²) in [5.41, 5.74) is -0.612. The van der Waals surface area contributed by atoms with Gasteiger partial charge < -0.3 is 4.74 Å². The van der Waals surface area contributed by atoms with Gasteiger partial charge in [0.1, 0.15) is 5.54 Å². The lowest BCUT2D eigenvalue weighted by atomic mass is 9.90. The largest absolute Gasteiger partial charge is 0.468 e. The van der Waals surface area contributed by atoms with E-state index in [1.54, 1.807) is 0 Å². The van der Waals surface area contributed by atoms with E-state index in [4.69, 9.17) is 4.74 Å². The molecule has 0 radical (unpaired) electrons. The monoisotopic (exact) mass is 284 g/mol. The summed E-state index contributed by atoms with van der Waals surface area (Å²) >= 11 is 0. The lowest BCUT2D eigenvalue weighted by Gasteiger charge is -2.41. The normalized spacial score (nSPS) is 25.2. The summed E-state index contributed by atoms with van der Waals surface area (Å²) < 4.78 is 5.01. The molecule has 4 heteroatoms. The average molecular weight is 284 g/mol. The Kier molecular flexibility index (Phi) is 6.46. The molecule has 4 nitrogen and oxygen atoms in total. The van der Waals surface area contributed by atoms with Crippen molar-refractivity contribution in [3.63, 3.8) is 0 Å². The number of carbonyl (C=O) groups is 1. The van der Waals surface area contributed by atoms with Crippen molar-refractivity contribution >= 4 is 5.97 Å². The topological polar surface area (TPSA) is 41.6 Å². The first-order valence-electron chi connectivity index (χ1n) is 7.92. The zero-order valence-corrected chi connectivity index (χ0v) is 14.0. The van der Waals surface area contributed by atoms with Crippen LogP contribution in [0.25, 0.3) is 0 Å². The maximum atomic E-state index is 12.2. The lowest BCUT2D eigenvalue weighted by molar-refractivity contribution is -0.149. The standard InChI is InChI=1S/C16H32N2O2/c1-12(2)17-16(5,15(19)20-6)11-14(4)18-10-8-7-9-13(18)3/h12-14,17H,7-11H2,1-6H3. The van der Waals surface area contributed by atoms with E-state index >= 15 is 0 Å². The van der Waals surface area contributed by atoms with E-state index in [2.05, 4.69) is 37.9 Å². The van der Waals surface area contributed by atoms with Crippen LogP contribution >= 0.6 is 0 Å². The number of ether oxygens (including phenoxy) is 1. The summed E-state index contributed by atoms with van der Waals surface area (Å²) in [5, 5.41) is 3.39. The SMILES string of the molecule is COC(=O)C(C)(CC(C)N1CCCCC1C)NC(C)C. The fourth-order valence-corrected chi connectivity index (χ4v) is 3.55. The molecule has 1 saturated heterocycles. The van der Waals surface area contributed by atoms with Gasteiger partial charge in [-0.05, 0) is 60.4 Å². The van der Waals surface area contributed by atoms with Gasteiger partial charge in [-0.15, -0.1) is 0 Å². The van der Waals surface area contributed by atoms with Gasteiger partial charge in [0, 0.05) is 18.1 Å². The van der Waals surface area contributed by atoms with Crippen molar-refractivity contribution in [3.8, 4) is 0 Å². The molecule has 0 saturated carbocycles. The molecule has 0 amide bonds. The zero-order chi connectivity index (χ0) is 15.3. The predicted molar refractivity (Wildman–Crippen MR) is 82.8 cm³/mol. The van der Waals surface area contributed by atoms with Crippen LogP contribution in [-0.2, 0) is 9.53 Å². The number of methoxy groups -OCH3 is 1. The van der Waals surface area contributed by atoms with Crippen LogP contribution in [0.15, 0.2) is 0 Å². The number of likely N-dealkylation sites (tertiary alicyclic amines) is 1. The van der Waals surface area contributed by atoms with Gasteiger partial charge in [-0.2, -0.15) is 0 Å². The Morgan fingerprint density at radius 2 is 2.05 bits per heavy atom. The summed E-state index contributed by atoms with van der Waals surface area (Å²) in [6, 6.07) is 1.24. The third kappa shape index (κ3) is 4.45. The van der Waals surface area contributed by atoms with Crippen LogP contribution in [-0.4, -0.2) is 48.2 Å². The molecular formula is C16H32N2O2. The molecule has 0 aromatic heterocycles. The first-order valence-corrected chi connectivity index (χ1v) is 7.92. The van der Waals surface area contributed by atoms with Crippen LogP contribution in [0.5, 0.6) is 0 Å².